The van der Waals surface area contributed by atoms with E-state index in [1.54, 1.807) is 36.4 Å². The number of carbonyl (C=O) groups excluding carboxylic acids is 1. The van der Waals surface area contributed by atoms with E-state index in [1.807, 2.05) is 4.90 Å². The van der Waals surface area contributed by atoms with E-state index < -0.39 is 0 Å². The Kier molecular flexibility index (Phi) is 5.85. The third-order valence-electron chi connectivity index (χ3n) is 4.75. The lowest BCUT2D eigenvalue weighted by atomic mass is 9.93. The second kappa shape index (κ2) is 8.48. The van der Waals surface area contributed by atoms with E-state index in [2.05, 4.69) is 6.07 Å². The monoisotopic (exact) mass is 352 g/mol. The Bertz CT molecular complexity index is 790. The first-order valence-corrected chi connectivity index (χ1v) is 8.83. The third-order valence-corrected chi connectivity index (χ3v) is 4.75. The standard InChI is InChI=1S/C21H21FN2O2/c22-19-2-1-3-20(14-19)26-13-10-16-8-11-24(12-9-16)21(25)18-6-4-17(15-23)5-7-18/h1-7,14,16H,8-13H2. The average molecular weight is 352 g/mol. The molecule has 1 aliphatic heterocycles. The number of amides is 1. The second-order valence-electron chi connectivity index (χ2n) is 6.52. The average Bonchev–Trinajstić information content (AvgIpc) is 2.68. The number of piperidine rings is 1. The summed E-state index contributed by atoms with van der Waals surface area (Å²) in [5.74, 6) is 0.785. The lowest BCUT2D eigenvalue weighted by Gasteiger charge is -2.32. The van der Waals surface area contributed by atoms with Gasteiger partial charge in [0.2, 0.25) is 0 Å². The molecule has 1 heterocycles. The maximum absolute atomic E-state index is 13.1. The molecule has 1 aliphatic rings. The largest absolute Gasteiger partial charge is 0.493 e. The van der Waals surface area contributed by atoms with Crippen LogP contribution in [0.2, 0.25) is 0 Å². The molecule has 0 N–H and O–H groups in total. The van der Waals surface area contributed by atoms with Crippen molar-refractivity contribution in [3.8, 4) is 11.8 Å². The number of nitriles is 1. The van der Waals surface area contributed by atoms with Crippen LogP contribution in [0.5, 0.6) is 5.75 Å². The van der Waals surface area contributed by atoms with E-state index in [9.17, 15) is 9.18 Å². The summed E-state index contributed by atoms with van der Waals surface area (Å²) >= 11 is 0. The van der Waals surface area contributed by atoms with Gasteiger partial charge in [-0.05, 0) is 61.6 Å². The molecule has 0 radical (unpaired) electrons. The van der Waals surface area contributed by atoms with Crippen LogP contribution in [0.25, 0.3) is 0 Å². The van der Waals surface area contributed by atoms with Crippen LogP contribution in [0, 0.1) is 23.1 Å². The SMILES string of the molecule is N#Cc1ccc(C(=O)N2CCC(CCOc3cccc(F)c3)CC2)cc1. The summed E-state index contributed by atoms with van der Waals surface area (Å²) in [5.41, 5.74) is 1.18. The Morgan fingerprint density at radius 2 is 1.92 bits per heavy atom. The Hall–Kier alpha value is -2.87. The summed E-state index contributed by atoms with van der Waals surface area (Å²) in [4.78, 5) is 14.4. The first kappa shape index (κ1) is 17.9. The van der Waals surface area contributed by atoms with E-state index in [1.165, 1.54) is 12.1 Å². The lowest BCUT2D eigenvalue weighted by molar-refractivity contribution is 0.0680. The quantitative estimate of drug-likeness (QED) is 0.817. The zero-order valence-electron chi connectivity index (χ0n) is 14.5. The number of halogens is 1. The van der Waals surface area contributed by atoms with Gasteiger partial charge in [-0.25, -0.2) is 4.39 Å². The topological polar surface area (TPSA) is 53.3 Å². The van der Waals surface area contributed by atoms with Gasteiger partial charge in [0.1, 0.15) is 11.6 Å². The van der Waals surface area contributed by atoms with Gasteiger partial charge in [-0.3, -0.25) is 4.79 Å². The van der Waals surface area contributed by atoms with Crippen molar-refractivity contribution >= 4 is 5.91 Å². The zero-order valence-corrected chi connectivity index (χ0v) is 14.5. The molecule has 2 aromatic rings. The fourth-order valence-corrected chi connectivity index (χ4v) is 3.19. The predicted molar refractivity (Wildman–Crippen MR) is 96.3 cm³/mol. The number of hydrogen-bond acceptors (Lipinski definition) is 3. The summed E-state index contributed by atoms with van der Waals surface area (Å²) in [7, 11) is 0. The number of benzene rings is 2. The number of likely N-dealkylation sites (tertiary alicyclic amines) is 1. The summed E-state index contributed by atoms with van der Waals surface area (Å²) in [5, 5.41) is 8.83. The number of hydrogen-bond donors (Lipinski definition) is 0. The molecule has 1 saturated heterocycles. The van der Waals surface area contributed by atoms with Gasteiger partial charge in [-0.2, -0.15) is 5.26 Å². The highest BCUT2D eigenvalue weighted by Crippen LogP contribution is 2.23. The van der Waals surface area contributed by atoms with Crippen molar-refractivity contribution < 1.29 is 13.9 Å². The molecule has 0 aromatic heterocycles. The van der Waals surface area contributed by atoms with Crippen molar-refractivity contribution in [2.24, 2.45) is 5.92 Å². The zero-order chi connectivity index (χ0) is 18.4. The van der Waals surface area contributed by atoms with Gasteiger partial charge in [0.05, 0.1) is 18.2 Å². The van der Waals surface area contributed by atoms with Crippen LogP contribution < -0.4 is 4.74 Å². The first-order chi connectivity index (χ1) is 12.7. The second-order valence-corrected chi connectivity index (χ2v) is 6.52. The van der Waals surface area contributed by atoms with E-state index in [4.69, 9.17) is 10.00 Å². The number of nitrogens with zero attached hydrogens (tertiary/aromatic N) is 2. The van der Waals surface area contributed by atoms with Crippen molar-refractivity contribution in [1.82, 2.24) is 4.90 Å². The maximum atomic E-state index is 13.1. The molecular weight excluding hydrogens is 331 g/mol. The Labute approximate surface area is 152 Å². The van der Waals surface area contributed by atoms with Crippen LogP contribution in [-0.2, 0) is 0 Å². The highest BCUT2D eigenvalue weighted by molar-refractivity contribution is 5.94. The normalized spacial score (nSPS) is 14.7. The smallest absolute Gasteiger partial charge is 0.253 e. The highest BCUT2D eigenvalue weighted by atomic mass is 19.1. The van der Waals surface area contributed by atoms with E-state index in [0.29, 0.717) is 29.4 Å². The molecule has 0 unspecified atom stereocenters. The van der Waals surface area contributed by atoms with Crippen molar-refractivity contribution in [3.05, 3.63) is 65.5 Å². The Morgan fingerprint density at radius 1 is 1.19 bits per heavy atom. The van der Waals surface area contributed by atoms with Crippen LogP contribution in [-0.4, -0.2) is 30.5 Å². The summed E-state index contributed by atoms with van der Waals surface area (Å²) in [6, 6.07) is 15.0. The van der Waals surface area contributed by atoms with Crippen molar-refractivity contribution in [2.75, 3.05) is 19.7 Å². The molecule has 0 atom stereocenters. The van der Waals surface area contributed by atoms with E-state index in [-0.39, 0.29) is 11.7 Å². The highest BCUT2D eigenvalue weighted by Gasteiger charge is 2.23. The lowest BCUT2D eigenvalue weighted by Crippen LogP contribution is -2.38. The first-order valence-electron chi connectivity index (χ1n) is 8.83. The predicted octanol–water partition coefficient (Wildman–Crippen LogP) is 4.02. The van der Waals surface area contributed by atoms with Crippen LogP contribution in [0.4, 0.5) is 4.39 Å². The van der Waals surface area contributed by atoms with Crippen molar-refractivity contribution in [1.29, 1.82) is 5.26 Å². The molecule has 0 bridgehead atoms. The minimum atomic E-state index is -0.294. The van der Waals surface area contributed by atoms with E-state index >= 15 is 0 Å². The van der Waals surface area contributed by atoms with Crippen LogP contribution >= 0.6 is 0 Å². The van der Waals surface area contributed by atoms with Gasteiger partial charge < -0.3 is 9.64 Å². The molecule has 0 spiro atoms. The minimum absolute atomic E-state index is 0.0175. The summed E-state index contributed by atoms with van der Waals surface area (Å²) in [6.45, 7) is 2.00. The van der Waals surface area contributed by atoms with Gasteiger partial charge in [0.15, 0.2) is 0 Å². The van der Waals surface area contributed by atoms with Gasteiger partial charge in [0.25, 0.3) is 5.91 Å². The van der Waals surface area contributed by atoms with Gasteiger partial charge in [0, 0.05) is 24.7 Å². The van der Waals surface area contributed by atoms with Crippen LogP contribution in [0.15, 0.2) is 48.5 Å². The number of rotatable bonds is 5. The van der Waals surface area contributed by atoms with Crippen LogP contribution in [0.1, 0.15) is 35.2 Å². The number of ether oxygens (including phenoxy) is 1. The number of carbonyl (C=O) groups is 1. The van der Waals surface area contributed by atoms with Crippen LogP contribution in [0.3, 0.4) is 0 Å². The minimum Gasteiger partial charge on any atom is -0.493 e. The maximum Gasteiger partial charge on any atom is 0.253 e. The van der Waals surface area contributed by atoms with Gasteiger partial charge >= 0.3 is 0 Å². The van der Waals surface area contributed by atoms with Gasteiger partial charge in [-0.15, -0.1) is 0 Å². The molecule has 134 valence electrons. The summed E-state index contributed by atoms with van der Waals surface area (Å²) in [6.07, 6.45) is 2.78. The molecular formula is C21H21FN2O2. The summed E-state index contributed by atoms with van der Waals surface area (Å²) < 4.78 is 18.7. The Balaban J connectivity index is 1.43. The molecule has 2 aromatic carbocycles. The molecule has 1 fully saturated rings. The molecule has 5 heteroatoms. The fraction of sp³-hybridized carbons (Fsp3) is 0.333. The molecule has 3 rings (SSSR count). The molecule has 26 heavy (non-hydrogen) atoms. The van der Waals surface area contributed by atoms with Gasteiger partial charge in [-0.1, -0.05) is 6.07 Å². The third kappa shape index (κ3) is 4.60. The Morgan fingerprint density at radius 3 is 2.58 bits per heavy atom. The molecule has 4 nitrogen and oxygen atoms in total. The van der Waals surface area contributed by atoms with Crippen molar-refractivity contribution in [2.45, 2.75) is 19.3 Å². The molecule has 0 aliphatic carbocycles. The van der Waals surface area contributed by atoms with Crippen molar-refractivity contribution in [3.63, 3.8) is 0 Å². The van der Waals surface area contributed by atoms with E-state index in [0.717, 1.165) is 32.4 Å². The molecule has 1 amide bonds. The fourth-order valence-electron chi connectivity index (χ4n) is 3.19. The molecule has 0 saturated carbocycles.